The second-order valence-electron chi connectivity index (χ2n) is 2.54. The third-order valence-corrected chi connectivity index (χ3v) is 1.75. The Kier molecular flexibility index (Phi) is 17.5. The van der Waals surface area contributed by atoms with Gasteiger partial charge in [0.15, 0.2) is 17.4 Å². The van der Waals surface area contributed by atoms with Crippen LogP contribution in [-0.4, -0.2) is 69.5 Å². The summed E-state index contributed by atoms with van der Waals surface area (Å²) in [6, 6.07) is 0. The summed E-state index contributed by atoms with van der Waals surface area (Å²) in [7, 11) is -2.64. The van der Waals surface area contributed by atoms with Gasteiger partial charge < -0.3 is 30.5 Å². The van der Waals surface area contributed by atoms with E-state index in [-0.39, 0.29) is 17.4 Å². The molecular weight excluding hydrogens is 240 g/mol. The first kappa shape index (κ1) is 20.9. The van der Waals surface area contributed by atoms with Crippen molar-refractivity contribution >= 4 is 25.6 Å². The molecule has 6 N–H and O–H groups in total. The molecule has 94 valence electrons. The zero-order valence-electron chi connectivity index (χ0n) is 8.01. The van der Waals surface area contributed by atoms with Crippen molar-refractivity contribution in [2.24, 2.45) is 5.73 Å². The van der Waals surface area contributed by atoms with E-state index in [1.54, 1.807) is 6.92 Å². The van der Waals surface area contributed by atoms with Gasteiger partial charge in [0.25, 0.3) is 0 Å². The first-order chi connectivity index (χ1) is 6.45. The molecule has 15 heavy (non-hydrogen) atoms. The van der Waals surface area contributed by atoms with Gasteiger partial charge in [0.05, 0.1) is 32.0 Å². The van der Waals surface area contributed by atoms with Gasteiger partial charge in [-0.1, -0.05) is 0 Å². The largest absolute Gasteiger partial charge is 0.394 e. The van der Waals surface area contributed by atoms with E-state index in [1.165, 1.54) is 0 Å². The summed E-state index contributed by atoms with van der Waals surface area (Å²) in [5.74, 6) is 0. The number of hydrogen-bond donors (Lipinski definition) is 5. The van der Waals surface area contributed by atoms with Gasteiger partial charge in [-0.2, -0.15) is 0 Å². The lowest BCUT2D eigenvalue weighted by molar-refractivity contribution is 0.0697. The molecule has 0 aromatic heterocycles. The Morgan fingerprint density at radius 2 is 1.60 bits per heavy atom. The van der Waals surface area contributed by atoms with Crippen LogP contribution in [0.25, 0.3) is 0 Å². The van der Waals surface area contributed by atoms with E-state index < -0.39 is 33.6 Å². The lowest BCUT2D eigenvalue weighted by atomic mass is 10.1. The molecule has 0 radical (unpaired) electrons. The average Bonchev–Trinajstić information content (AvgIpc) is 2.17. The van der Waals surface area contributed by atoms with Crippen molar-refractivity contribution in [3.05, 3.63) is 0 Å². The van der Waals surface area contributed by atoms with Crippen LogP contribution in [0.4, 0.5) is 0 Å². The molecule has 9 heteroatoms. The summed E-state index contributed by atoms with van der Waals surface area (Å²) in [5.41, 5.74) is 3.94. The van der Waals surface area contributed by atoms with Gasteiger partial charge in [0.2, 0.25) is 0 Å². The Hall–Kier alpha value is 0.522. The van der Waals surface area contributed by atoms with E-state index in [9.17, 15) is 4.57 Å². The Morgan fingerprint density at radius 3 is 1.60 bits per heavy atom. The second kappa shape index (κ2) is 12.6. The number of aliphatic hydroxyl groups is 3. The summed E-state index contributed by atoms with van der Waals surface area (Å²) in [4.78, 5) is 7.88. The molecule has 0 bridgehead atoms. The fraction of sp³-hybridized carbons (Fsp3) is 1.00. The van der Waals surface area contributed by atoms with Crippen LogP contribution in [0.2, 0.25) is 0 Å². The minimum Gasteiger partial charge on any atom is -0.394 e. The Morgan fingerprint density at radius 1 is 1.27 bits per heavy atom. The first-order valence-electron chi connectivity index (χ1n) is 3.93. The fourth-order valence-corrected chi connectivity index (χ4v) is 0.520. The highest BCUT2D eigenvalue weighted by atomic mass is 31.1. The number of hydrogen-bond acceptors (Lipinski definition) is 6. The zero-order chi connectivity index (χ0) is 11.6. The van der Waals surface area contributed by atoms with E-state index in [0.717, 1.165) is 0 Å². The Labute approximate surface area is 100.0 Å². The predicted molar refractivity (Wildman–Crippen MR) is 61.0 cm³/mol. The van der Waals surface area contributed by atoms with Crippen LogP contribution in [0.15, 0.2) is 0 Å². The molecule has 0 fully saturated rings. The molecular formula is C6H21AlNO6P. The maximum Gasteiger partial charge on any atom is 0.316 e. The van der Waals surface area contributed by atoms with Gasteiger partial charge in [0, 0.05) is 0 Å². The van der Waals surface area contributed by atoms with Crippen LogP contribution >= 0.6 is 8.25 Å². The fourth-order valence-electron chi connectivity index (χ4n) is 0.273. The van der Waals surface area contributed by atoms with Crippen molar-refractivity contribution in [2.45, 2.75) is 12.5 Å². The molecule has 0 saturated heterocycles. The van der Waals surface area contributed by atoms with Crippen LogP contribution in [0.1, 0.15) is 6.92 Å². The number of aliphatic hydroxyl groups excluding tert-OH is 3. The molecule has 1 unspecified atom stereocenters. The second-order valence-corrected chi connectivity index (χ2v) is 3.36. The SMILES string of the molecule is CCO[PH](=O)O.NC(CO)(CO)CO.[AlH3]. The van der Waals surface area contributed by atoms with Crippen LogP contribution in [-0.2, 0) is 9.09 Å². The molecule has 0 saturated carbocycles. The third kappa shape index (κ3) is 14.5. The monoisotopic (exact) mass is 261 g/mol. The van der Waals surface area contributed by atoms with Gasteiger partial charge in [-0.25, -0.2) is 0 Å². The van der Waals surface area contributed by atoms with Crippen molar-refractivity contribution in [1.29, 1.82) is 0 Å². The highest BCUT2D eigenvalue weighted by Gasteiger charge is 2.20. The molecule has 0 aliphatic rings. The minimum atomic E-state index is -2.64. The lowest BCUT2D eigenvalue weighted by Crippen LogP contribution is -2.50. The molecule has 0 aromatic carbocycles. The molecule has 0 spiro atoms. The van der Waals surface area contributed by atoms with Gasteiger partial charge in [-0.3, -0.25) is 4.57 Å². The van der Waals surface area contributed by atoms with E-state index >= 15 is 0 Å². The van der Waals surface area contributed by atoms with Crippen LogP contribution in [0.3, 0.4) is 0 Å². The third-order valence-electron chi connectivity index (χ3n) is 1.21. The van der Waals surface area contributed by atoms with Crippen molar-refractivity contribution in [3.8, 4) is 0 Å². The first-order valence-corrected chi connectivity index (χ1v) is 5.19. The zero-order valence-corrected chi connectivity index (χ0v) is 9.01. The molecule has 0 heterocycles. The van der Waals surface area contributed by atoms with Crippen molar-refractivity contribution in [2.75, 3.05) is 26.4 Å². The van der Waals surface area contributed by atoms with E-state index in [2.05, 4.69) is 4.52 Å². The molecule has 0 aromatic rings. The maximum absolute atomic E-state index is 9.56. The molecule has 0 aliphatic heterocycles. The lowest BCUT2D eigenvalue weighted by Gasteiger charge is -2.20. The van der Waals surface area contributed by atoms with Crippen LogP contribution in [0, 0.1) is 0 Å². The average molecular weight is 261 g/mol. The van der Waals surface area contributed by atoms with Crippen molar-refractivity contribution in [1.82, 2.24) is 0 Å². The number of rotatable bonds is 5. The van der Waals surface area contributed by atoms with Crippen molar-refractivity contribution < 1.29 is 29.3 Å². The summed E-state index contributed by atoms with van der Waals surface area (Å²) in [5, 5.41) is 25.0. The van der Waals surface area contributed by atoms with Crippen LogP contribution < -0.4 is 5.73 Å². The van der Waals surface area contributed by atoms with Crippen LogP contribution in [0.5, 0.6) is 0 Å². The van der Waals surface area contributed by atoms with E-state index in [0.29, 0.717) is 6.61 Å². The smallest absolute Gasteiger partial charge is 0.316 e. The Balaban J connectivity index is -0.000000187. The summed E-state index contributed by atoms with van der Waals surface area (Å²) in [6.07, 6.45) is 0. The molecule has 0 amide bonds. The van der Waals surface area contributed by atoms with Gasteiger partial charge in [-0.05, 0) is 6.92 Å². The molecule has 7 nitrogen and oxygen atoms in total. The Bertz CT molecular complexity index is 148. The number of nitrogens with two attached hydrogens (primary N) is 1. The molecule has 1 atom stereocenters. The van der Waals surface area contributed by atoms with Gasteiger partial charge in [-0.15, -0.1) is 0 Å². The van der Waals surface area contributed by atoms with E-state index in [4.69, 9.17) is 25.9 Å². The summed E-state index contributed by atoms with van der Waals surface area (Å²) in [6.45, 7) is 0.771. The predicted octanol–water partition coefficient (Wildman–Crippen LogP) is -3.12. The standard InChI is InChI=1S/C4H11NO3.C2H7O3P.Al.3H/c5-4(1-6,2-7)3-8;1-2-5-6(3)4;;;;/h6-8H,1-3,5H2;6H,2H2,1H3,(H,3,4);;;;. The highest BCUT2D eigenvalue weighted by molar-refractivity contribution is 7.32. The topological polar surface area (TPSA) is 133 Å². The summed E-state index contributed by atoms with van der Waals surface area (Å²) >= 11 is 0. The summed E-state index contributed by atoms with van der Waals surface area (Å²) < 4.78 is 13.7. The van der Waals surface area contributed by atoms with E-state index in [1.807, 2.05) is 0 Å². The molecule has 0 rings (SSSR count). The minimum absolute atomic E-state index is 0. The van der Waals surface area contributed by atoms with Gasteiger partial charge >= 0.3 is 8.25 Å². The quantitative estimate of drug-likeness (QED) is 0.261. The van der Waals surface area contributed by atoms with Crippen molar-refractivity contribution in [3.63, 3.8) is 0 Å². The highest BCUT2D eigenvalue weighted by Crippen LogP contribution is 2.12. The van der Waals surface area contributed by atoms with Gasteiger partial charge in [0.1, 0.15) is 0 Å². The maximum atomic E-state index is 9.56. The normalized spacial score (nSPS) is 12.1. The molecule has 0 aliphatic carbocycles.